The Kier molecular flexibility index (Phi) is 3.44. The van der Waals surface area contributed by atoms with Gasteiger partial charge in [-0.05, 0) is 38.0 Å². The van der Waals surface area contributed by atoms with Crippen molar-refractivity contribution in [2.75, 3.05) is 6.54 Å². The molecule has 1 fully saturated rings. The second-order valence-corrected chi connectivity index (χ2v) is 4.42. The van der Waals surface area contributed by atoms with Crippen LogP contribution in [-0.4, -0.2) is 24.0 Å². The predicted octanol–water partition coefficient (Wildman–Crippen LogP) is 1.95. The molecule has 2 aliphatic rings. The van der Waals surface area contributed by atoms with Crippen LogP contribution in [0.1, 0.15) is 32.6 Å². The van der Waals surface area contributed by atoms with Crippen molar-refractivity contribution in [2.45, 2.75) is 44.2 Å². The molecule has 88 valence electrons. The van der Waals surface area contributed by atoms with E-state index in [0.29, 0.717) is 6.42 Å². The van der Waals surface area contributed by atoms with Crippen LogP contribution in [0, 0.1) is 0 Å². The first-order valence-corrected chi connectivity index (χ1v) is 6.08. The number of Topliss-reactive ketones (excluding diaryl/α,β-unsaturated/α-hetero) is 1. The van der Waals surface area contributed by atoms with Crippen molar-refractivity contribution in [1.82, 2.24) is 5.32 Å². The molecular weight excluding hydrogens is 202 g/mol. The van der Waals surface area contributed by atoms with Gasteiger partial charge in [0.1, 0.15) is 0 Å². The van der Waals surface area contributed by atoms with Crippen molar-refractivity contribution in [3.8, 4) is 0 Å². The maximum Gasteiger partial charge on any atom is 0.197 e. The number of hydrogen-bond acceptors (Lipinski definition) is 3. The van der Waals surface area contributed by atoms with Gasteiger partial charge in [-0.1, -0.05) is 19.4 Å². The molecule has 2 aliphatic heterocycles. The van der Waals surface area contributed by atoms with E-state index in [9.17, 15) is 4.79 Å². The first-order chi connectivity index (χ1) is 7.78. The molecule has 2 rings (SSSR count). The molecule has 3 heteroatoms. The molecule has 0 amide bonds. The molecule has 16 heavy (non-hydrogen) atoms. The first-order valence-electron chi connectivity index (χ1n) is 6.08. The highest BCUT2D eigenvalue weighted by atomic mass is 16.5. The highest BCUT2D eigenvalue weighted by Gasteiger charge is 2.40. The van der Waals surface area contributed by atoms with E-state index in [1.807, 2.05) is 25.2 Å². The average Bonchev–Trinajstić information content (AvgIpc) is 2.39. The smallest absolute Gasteiger partial charge is 0.197 e. The van der Waals surface area contributed by atoms with Crippen molar-refractivity contribution in [3.63, 3.8) is 0 Å². The lowest BCUT2D eigenvalue weighted by molar-refractivity contribution is -0.136. The summed E-state index contributed by atoms with van der Waals surface area (Å²) in [5.41, 5.74) is -0.732. The number of allylic oxidation sites excluding steroid dienone is 2. The fraction of sp³-hybridized carbons (Fsp3) is 0.615. The molecule has 0 aromatic heterocycles. The number of ether oxygens (including phenoxy) is 1. The fourth-order valence-corrected chi connectivity index (χ4v) is 2.34. The standard InChI is InChI=1S/C13H19NO2/c1-2-13(8-4-6-10-16-13)12(15)11-7-3-5-9-14-11/h4,6,8,10-11,14H,2-3,5,7,9H2,1H3. The van der Waals surface area contributed by atoms with Gasteiger partial charge >= 0.3 is 0 Å². The van der Waals surface area contributed by atoms with E-state index in [2.05, 4.69) is 5.32 Å². The van der Waals surface area contributed by atoms with Crippen LogP contribution >= 0.6 is 0 Å². The van der Waals surface area contributed by atoms with Gasteiger partial charge in [0.05, 0.1) is 12.3 Å². The average molecular weight is 221 g/mol. The minimum atomic E-state index is -0.732. The second-order valence-electron chi connectivity index (χ2n) is 4.42. The number of rotatable bonds is 3. The Labute approximate surface area is 96.6 Å². The van der Waals surface area contributed by atoms with E-state index in [1.54, 1.807) is 6.26 Å². The Morgan fingerprint density at radius 3 is 2.94 bits per heavy atom. The summed E-state index contributed by atoms with van der Waals surface area (Å²) >= 11 is 0. The van der Waals surface area contributed by atoms with E-state index < -0.39 is 5.60 Å². The summed E-state index contributed by atoms with van der Waals surface area (Å²) in [6.45, 7) is 2.93. The Morgan fingerprint density at radius 2 is 2.38 bits per heavy atom. The zero-order valence-corrected chi connectivity index (χ0v) is 9.74. The van der Waals surface area contributed by atoms with E-state index in [-0.39, 0.29) is 11.8 Å². The molecular formula is C13H19NO2. The number of hydrogen-bond donors (Lipinski definition) is 1. The highest BCUT2D eigenvalue weighted by Crippen LogP contribution is 2.26. The third-order valence-corrected chi connectivity index (χ3v) is 3.40. The van der Waals surface area contributed by atoms with Crippen molar-refractivity contribution in [1.29, 1.82) is 0 Å². The zero-order chi connectivity index (χ0) is 11.4. The molecule has 2 heterocycles. The van der Waals surface area contributed by atoms with Crippen molar-refractivity contribution in [3.05, 3.63) is 24.5 Å². The highest BCUT2D eigenvalue weighted by molar-refractivity contribution is 5.94. The molecule has 0 radical (unpaired) electrons. The molecule has 0 aromatic rings. The number of nitrogens with one attached hydrogen (secondary N) is 1. The van der Waals surface area contributed by atoms with Crippen LogP contribution in [0.15, 0.2) is 24.5 Å². The van der Waals surface area contributed by atoms with E-state index in [4.69, 9.17) is 4.74 Å². The SMILES string of the molecule is CCC1(C(=O)C2CCCCN2)C=CC=CO1. The third kappa shape index (κ3) is 2.05. The summed E-state index contributed by atoms with van der Waals surface area (Å²) in [4.78, 5) is 12.4. The lowest BCUT2D eigenvalue weighted by Crippen LogP contribution is -2.52. The van der Waals surface area contributed by atoms with E-state index in [0.717, 1.165) is 19.4 Å². The van der Waals surface area contributed by atoms with Gasteiger partial charge in [0.15, 0.2) is 11.4 Å². The molecule has 1 saturated heterocycles. The fourth-order valence-electron chi connectivity index (χ4n) is 2.34. The number of piperidine rings is 1. The molecule has 0 aromatic carbocycles. The topological polar surface area (TPSA) is 38.3 Å². The van der Waals surface area contributed by atoms with E-state index in [1.165, 1.54) is 6.42 Å². The van der Waals surface area contributed by atoms with Gasteiger partial charge in [-0.3, -0.25) is 4.79 Å². The van der Waals surface area contributed by atoms with Gasteiger partial charge in [0.2, 0.25) is 0 Å². The zero-order valence-electron chi connectivity index (χ0n) is 9.74. The number of carbonyl (C=O) groups is 1. The molecule has 0 spiro atoms. The van der Waals surface area contributed by atoms with Crippen LogP contribution in [0.2, 0.25) is 0 Å². The van der Waals surface area contributed by atoms with Crippen LogP contribution in [0.4, 0.5) is 0 Å². The number of carbonyl (C=O) groups excluding carboxylic acids is 1. The van der Waals surface area contributed by atoms with Crippen molar-refractivity contribution < 1.29 is 9.53 Å². The molecule has 1 N–H and O–H groups in total. The summed E-state index contributed by atoms with van der Waals surface area (Å²) in [7, 11) is 0. The van der Waals surface area contributed by atoms with Crippen molar-refractivity contribution in [2.24, 2.45) is 0 Å². The van der Waals surface area contributed by atoms with Gasteiger partial charge in [-0.2, -0.15) is 0 Å². The largest absolute Gasteiger partial charge is 0.483 e. The van der Waals surface area contributed by atoms with Crippen molar-refractivity contribution >= 4 is 5.78 Å². The lowest BCUT2D eigenvalue weighted by Gasteiger charge is -2.34. The van der Waals surface area contributed by atoms with Crippen LogP contribution in [0.5, 0.6) is 0 Å². The summed E-state index contributed by atoms with van der Waals surface area (Å²) < 4.78 is 5.57. The summed E-state index contributed by atoms with van der Waals surface area (Å²) in [6.07, 6.45) is 11.1. The van der Waals surface area contributed by atoms with Gasteiger partial charge in [-0.25, -0.2) is 0 Å². The monoisotopic (exact) mass is 221 g/mol. The summed E-state index contributed by atoms with van der Waals surface area (Å²) in [5.74, 6) is 0.176. The van der Waals surface area contributed by atoms with Gasteiger partial charge in [0, 0.05) is 0 Å². The minimum Gasteiger partial charge on any atom is -0.483 e. The van der Waals surface area contributed by atoms with Crippen LogP contribution in [0.3, 0.4) is 0 Å². The molecule has 2 atom stereocenters. The Morgan fingerprint density at radius 1 is 1.50 bits per heavy atom. The third-order valence-electron chi connectivity index (χ3n) is 3.40. The molecule has 3 nitrogen and oxygen atoms in total. The van der Waals surface area contributed by atoms with Gasteiger partial charge < -0.3 is 10.1 Å². The molecule has 0 aliphatic carbocycles. The molecule has 0 bridgehead atoms. The Balaban J connectivity index is 2.11. The van der Waals surface area contributed by atoms with Crippen LogP contribution in [-0.2, 0) is 9.53 Å². The molecule has 2 unspecified atom stereocenters. The summed E-state index contributed by atoms with van der Waals surface area (Å²) in [5, 5.41) is 3.29. The maximum atomic E-state index is 12.4. The van der Waals surface area contributed by atoms with Gasteiger partial charge in [0.25, 0.3) is 0 Å². The Bertz CT molecular complexity index is 316. The predicted molar refractivity (Wildman–Crippen MR) is 63.0 cm³/mol. The van der Waals surface area contributed by atoms with Crippen LogP contribution < -0.4 is 5.32 Å². The van der Waals surface area contributed by atoms with Gasteiger partial charge in [-0.15, -0.1) is 0 Å². The quantitative estimate of drug-likeness (QED) is 0.791. The minimum absolute atomic E-state index is 0.0372. The maximum absolute atomic E-state index is 12.4. The molecule has 0 saturated carbocycles. The Hall–Kier alpha value is -1.09. The lowest BCUT2D eigenvalue weighted by atomic mass is 9.86. The number of ketones is 1. The first kappa shape index (κ1) is 11.4. The normalized spacial score (nSPS) is 33.4. The van der Waals surface area contributed by atoms with Crippen LogP contribution in [0.25, 0.3) is 0 Å². The second kappa shape index (κ2) is 4.83. The van der Waals surface area contributed by atoms with E-state index >= 15 is 0 Å². The summed E-state index contributed by atoms with van der Waals surface area (Å²) in [6, 6.07) is -0.0372.